The maximum Gasteiger partial charge on any atom is 0.416 e. The molecule has 0 aromatic heterocycles. The minimum absolute atomic E-state index is 0.0475. The fraction of sp³-hybridized carbons (Fsp3) is 0.300. The van der Waals surface area contributed by atoms with E-state index in [1.807, 2.05) is 30.3 Å². The monoisotopic (exact) mass is 394 g/mol. The molecule has 2 rings (SSSR count). The number of carbonyl (C=O) groups excluding carboxylic acids is 2. The maximum atomic E-state index is 13.0. The summed E-state index contributed by atoms with van der Waals surface area (Å²) in [5.41, 5.74) is -0.396. The van der Waals surface area contributed by atoms with Gasteiger partial charge < -0.3 is 15.7 Å². The van der Waals surface area contributed by atoms with Gasteiger partial charge in [-0.05, 0) is 17.2 Å². The summed E-state index contributed by atoms with van der Waals surface area (Å²) in [5.74, 6) is -0.721. The van der Waals surface area contributed by atoms with Gasteiger partial charge in [-0.3, -0.25) is 9.59 Å². The van der Waals surface area contributed by atoms with E-state index in [2.05, 4.69) is 10.6 Å². The molecule has 0 aliphatic carbocycles. The molecule has 0 radical (unpaired) electrons. The first-order valence-corrected chi connectivity index (χ1v) is 8.69. The van der Waals surface area contributed by atoms with Crippen molar-refractivity contribution in [3.63, 3.8) is 0 Å². The smallest absolute Gasteiger partial charge is 0.387 e. The molecule has 8 heteroatoms. The number of aliphatic hydroxyl groups excluding tert-OH is 1. The number of rotatable bonds is 8. The van der Waals surface area contributed by atoms with Gasteiger partial charge in [-0.1, -0.05) is 48.5 Å². The molecule has 150 valence electrons. The third kappa shape index (κ3) is 6.70. The molecule has 1 atom stereocenters. The summed E-state index contributed by atoms with van der Waals surface area (Å²) in [6.07, 6.45) is -5.94. The minimum atomic E-state index is -4.59. The van der Waals surface area contributed by atoms with Crippen LogP contribution < -0.4 is 10.6 Å². The highest BCUT2D eigenvalue weighted by atomic mass is 19.4. The molecule has 0 saturated carbocycles. The van der Waals surface area contributed by atoms with Crippen molar-refractivity contribution in [3.05, 3.63) is 71.3 Å². The van der Waals surface area contributed by atoms with Gasteiger partial charge in [0.05, 0.1) is 18.1 Å². The van der Waals surface area contributed by atoms with Gasteiger partial charge in [-0.15, -0.1) is 0 Å². The quantitative estimate of drug-likeness (QED) is 0.644. The van der Waals surface area contributed by atoms with E-state index >= 15 is 0 Å². The summed E-state index contributed by atoms with van der Waals surface area (Å²) in [6, 6.07) is 13.8. The van der Waals surface area contributed by atoms with Crippen molar-refractivity contribution in [2.45, 2.75) is 25.1 Å². The maximum absolute atomic E-state index is 13.0. The zero-order chi connectivity index (χ0) is 20.6. The molecular weight excluding hydrogens is 373 g/mol. The predicted molar refractivity (Wildman–Crippen MR) is 97.2 cm³/mol. The van der Waals surface area contributed by atoms with Crippen molar-refractivity contribution < 1.29 is 27.9 Å². The highest BCUT2D eigenvalue weighted by Gasteiger charge is 2.34. The summed E-state index contributed by atoms with van der Waals surface area (Å²) in [7, 11) is 0. The fourth-order valence-corrected chi connectivity index (χ4v) is 2.61. The van der Waals surface area contributed by atoms with Crippen LogP contribution in [-0.2, 0) is 22.2 Å². The zero-order valence-corrected chi connectivity index (χ0v) is 15.0. The molecule has 0 saturated heterocycles. The number of halogens is 3. The first-order valence-electron chi connectivity index (χ1n) is 8.69. The Balaban J connectivity index is 1.75. The number of nitrogens with one attached hydrogen (secondary N) is 2. The Kier molecular flexibility index (Phi) is 7.57. The molecule has 0 fully saturated rings. The Morgan fingerprint density at radius 2 is 1.57 bits per heavy atom. The van der Waals surface area contributed by atoms with Crippen molar-refractivity contribution in [2.75, 3.05) is 13.1 Å². The molecule has 3 N–H and O–H groups in total. The van der Waals surface area contributed by atoms with E-state index in [9.17, 15) is 27.9 Å². The van der Waals surface area contributed by atoms with Crippen LogP contribution in [0.1, 0.15) is 29.2 Å². The van der Waals surface area contributed by atoms with Gasteiger partial charge >= 0.3 is 6.18 Å². The molecule has 1 unspecified atom stereocenters. The van der Waals surface area contributed by atoms with Gasteiger partial charge in [0.2, 0.25) is 11.8 Å². The SMILES string of the molecule is O=C(CCNC(=O)Cc1ccccc1)NCC(O)c1ccccc1C(F)(F)F. The normalized spacial score (nSPS) is 12.3. The number of amides is 2. The van der Waals surface area contributed by atoms with Crippen LogP contribution in [0.15, 0.2) is 54.6 Å². The number of carbonyl (C=O) groups is 2. The minimum Gasteiger partial charge on any atom is -0.387 e. The number of benzene rings is 2. The van der Waals surface area contributed by atoms with Crippen molar-refractivity contribution in [1.82, 2.24) is 10.6 Å². The Hall–Kier alpha value is -2.87. The van der Waals surface area contributed by atoms with Crippen LogP contribution in [0.4, 0.5) is 13.2 Å². The molecule has 0 aliphatic rings. The van der Waals surface area contributed by atoms with E-state index in [1.54, 1.807) is 0 Å². The Labute approximate surface area is 160 Å². The molecule has 2 amide bonds. The molecule has 28 heavy (non-hydrogen) atoms. The van der Waals surface area contributed by atoms with E-state index in [0.717, 1.165) is 11.6 Å². The van der Waals surface area contributed by atoms with E-state index in [0.29, 0.717) is 0 Å². The first-order chi connectivity index (χ1) is 13.3. The average molecular weight is 394 g/mol. The van der Waals surface area contributed by atoms with Crippen molar-refractivity contribution in [2.24, 2.45) is 0 Å². The van der Waals surface area contributed by atoms with Crippen LogP contribution in [0.3, 0.4) is 0 Å². The van der Waals surface area contributed by atoms with Gasteiger partial charge in [0.1, 0.15) is 0 Å². The van der Waals surface area contributed by atoms with Crippen LogP contribution in [0, 0.1) is 0 Å². The summed E-state index contributed by atoms with van der Waals surface area (Å²) in [5, 5.41) is 15.0. The van der Waals surface area contributed by atoms with Crippen molar-refractivity contribution in [1.29, 1.82) is 0 Å². The Morgan fingerprint density at radius 3 is 2.25 bits per heavy atom. The lowest BCUT2D eigenvalue weighted by atomic mass is 10.0. The Bertz CT molecular complexity index is 795. The van der Waals surface area contributed by atoms with Crippen LogP contribution in [0.25, 0.3) is 0 Å². The molecule has 0 aliphatic heterocycles. The fourth-order valence-electron chi connectivity index (χ4n) is 2.61. The van der Waals surface area contributed by atoms with Crippen molar-refractivity contribution >= 4 is 11.8 Å². The molecule has 2 aromatic rings. The summed E-state index contributed by atoms with van der Waals surface area (Å²) < 4.78 is 38.9. The molecule has 0 bridgehead atoms. The van der Waals surface area contributed by atoms with Gasteiger partial charge in [0, 0.05) is 19.5 Å². The van der Waals surface area contributed by atoms with E-state index in [4.69, 9.17) is 0 Å². The third-order valence-corrected chi connectivity index (χ3v) is 4.00. The lowest BCUT2D eigenvalue weighted by Crippen LogP contribution is -2.33. The standard InChI is InChI=1S/C20H21F3N2O3/c21-20(22,23)16-9-5-4-8-15(16)17(26)13-25-18(27)10-11-24-19(28)12-14-6-2-1-3-7-14/h1-9,17,26H,10-13H2,(H,24,28)(H,25,27). The zero-order valence-electron chi connectivity index (χ0n) is 15.0. The Morgan fingerprint density at radius 1 is 0.929 bits per heavy atom. The highest BCUT2D eigenvalue weighted by Crippen LogP contribution is 2.34. The third-order valence-electron chi connectivity index (χ3n) is 4.00. The van der Waals surface area contributed by atoms with E-state index < -0.39 is 23.8 Å². The average Bonchev–Trinajstić information content (AvgIpc) is 2.66. The number of alkyl halides is 3. The number of hydrogen-bond acceptors (Lipinski definition) is 3. The molecule has 0 heterocycles. The van der Waals surface area contributed by atoms with Crippen LogP contribution >= 0.6 is 0 Å². The summed E-state index contributed by atoms with van der Waals surface area (Å²) in [6.45, 7) is -0.267. The molecular formula is C20H21F3N2O3. The van der Waals surface area contributed by atoms with Gasteiger partial charge in [-0.25, -0.2) is 0 Å². The predicted octanol–water partition coefficient (Wildman–Crippen LogP) is 2.60. The largest absolute Gasteiger partial charge is 0.416 e. The van der Waals surface area contributed by atoms with Crippen LogP contribution in [0.5, 0.6) is 0 Å². The lowest BCUT2D eigenvalue weighted by Gasteiger charge is -2.18. The highest BCUT2D eigenvalue weighted by molar-refractivity contribution is 5.80. The second-order valence-corrected chi connectivity index (χ2v) is 6.17. The lowest BCUT2D eigenvalue weighted by molar-refractivity contribution is -0.139. The van der Waals surface area contributed by atoms with Gasteiger partial charge in [0.15, 0.2) is 0 Å². The molecule has 0 spiro atoms. The molecule has 2 aromatic carbocycles. The van der Waals surface area contributed by atoms with E-state index in [-0.39, 0.29) is 37.4 Å². The second kappa shape index (κ2) is 9.89. The first kappa shape index (κ1) is 21.4. The topological polar surface area (TPSA) is 78.4 Å². The second-order valence-electron chi connectivity index (χ2n) is 6.17. The number of hydrogen-bond donors (Lipinski definition) is 3. The van der Waals surface area contributed by atoms with Crippen molar-refractivity contribution in [3.8, 4) is 0 Å². The number of aliphatic hydroxyl groups is 1. The molecule has 5 nitrogen and oxygen atoms in total. The van der Waals surface area contributed by atoms with Crippen LogP contribution in [0.2, 0.25) is 0 Å². The van der Waals surface area contributed by atoms with Crippen LogP contribution in [-0.4, -0.2) is 30.0 Å². The summed E-state index contributed by atoms with van der Waals surface area (Å²) in [4.78, 5) is 23.6. The van der Waals surface area contributed by atoms with Gasteiger partial charge in [0.25, 0.3) is 0 Å². The van der Waals surface area contributed by atoms with Gasteiger partial charge in [-0.2, -0.15) is 13.2 Å². The summed E-state index contributed by atoms with van der Waals surface area (Å²) >= 11 is 0. The van der Waals surface area contributed by atoms with E-state index in [1.165, 1.54) is 18.2 Å².